The minimum absolute atomic E-state index is 0.0878. The van der Waals surface area contributed by atoms with Crippen LogP contribution in [0.1, 0.15) is 51.2 Å². The number of para-hydroxylation sites is 1. The Labute approximate surface area is 161 Å². The number of hydrogen-bond donors (Lipinski definition) is 1. The molecule has 8 heteroatoms. The van der Waals surface area contributed by atoms with E-state index in [0.29, 0.717) is 16.4 Å². The van der Waals surface area contributed by atoms with Crippen molar-refractivity contribution in [2.75, 3.05) is 12.4 Å². The molecular weight excluding hydrogens is 364 g/mol. The van der Waals surface area contributed by atoms with Gasteiger partial charge >= 0.3 is 5.97 Å². The predicted molar refractivity (Wildman–Crippen MR) is 104 cm³/mol. The van der Waals surface area contributed by atoms with Gasteiger partial charge in [0.15, 0.2) is 10.8 Å². The Kier molecular flexibility index (Phi) is 5.36. The van der Waals surface area contributed by atoms with Gasteiger partial charge in [-0.2, -0.15) is 5.10 Å². The van der Waals surface area contributed by atoms with Gasteiger partial charge in [-0.05, 0) is 25.0 Å². The van der Waals surface area contributed by atoms with Gasteiger partial charge < -0.3 is 4.74 Å². The van der Waals surface area contributed by atoms with Crippen molar-refractivity contribution >= 4 is 28.3 Å². The third-order valence-electron chi connectivity index (χ3n) is 4.03. The van der Waals surface area contributed by atoms with Crippen LogP contribution >= 0.6 is 11.3 Å². The summed E-state index contributed by atoms with van der Waals surface area (Å²) in [5.41, 5.74) is 2.27. The monoisotopic (exact) mass is 384 g/mol. The molecule has 1 amide bonds. The molecule has 0 saturated heterocycles. The molecule has 1 N–H and O–H groups in total. The molecule has 2 heterocycles. The van der Waals surface area contributed by atoms with Crippen LogP contribution in [0.5, 0.6) is 0 Å². The number of carbonyl (C=O) groups excluding carboxylic acids is 2. The minimum atomic E-state index is -0.511. The minimum Gasteiger partial charge on any atom is -0.464 e. The van der Waals surface area contributed by atoms with Gasteiger partial charge in [0.1, 0.15) is 0 Å². The number of esters is 1. The SMILES string of the molecule is COC(=O)c1nc(NC(=O)c2cnn(-c3ccccc3)c2C)sc1C(C)C. The number of amides is 1. The number of nitrogens with zero attached hydrogens (tertiary/aromatic N) is 3. The van der Waals surface area contributed by atoms with Crippen LogP contribution in [0.2, 0.25) is 0 Å². The van der Waals surface area contributed by atoms with Gasteiger partial charge in [-0.3, -0.25) is 10.1 Å². The summed E-state index contributed by atoms with van der Waals surface area (Å²) < 4.78 is 6.49. The normalized spacial score (nSPS) is 10.9. The molecule has 3 aromatic rings. The first-order valence-corrected chi connectivity index (χ1v) is 9.24. The Bertz CT molecular complexity index is 976. The zero-order chi connectivity index (χ0) is 19.6. The number of ether oxygens (including phenoxy) is 1. The zero-order valence-electron chi connectivity index (χ0n) is 15.5. The quantitative estimate of drug-likeness (QED) is 0.676. The first-order valence-electron chi connectivity index (χ1n) is 8.42. The summed E-state index contributed by atoms with van der Waals surface area (Å²) >= 11 is 1.27. The van der Waals surface area contributed by atoms with Crippen molar-refractivity contribution in [3.05, 3.63) is 58.4 Å². The van der Waals surface area contributed by atoms with Gasteiger partial charge in [-0.15, -0.1) is 11.3 Å². The molecule has 0 atom stereocenters. The van der Waals surface area contributed by atoms with Gasteiger partial charge in [-0.1, -0.05) is 32.0 Å². The number of carbonyl (C=O) groups is 2. The average molecular weight is 384 g/mol. The highest BCUT2D eigenvalue weighted by atomic mass is 32.1. The molecule has 0 spiro atoms. The van der Waals surface area contributed by atoms with E-state index in [9.17, 15) is 9.59 Å². The van der Waals surface area contributed by atoms with E-state index in [4.69, 9.17) is 4.74 Å². The summed E-state index contributed by atoms with van der Waals surface area (Å²) in [6.45, 7) is 5.75. The van der Waals surface area contributed by atoms with Gasteiger partial charge in [-0.25, -0.2) is 14.5 Å². The van der Waals surface area contributed by atoms with Crippen molar-refractivity contribution in [1.82, 2.24) is 14.8 Å². The second-order valence-electron chi connectivity index (χ2n) is 6.22. The Hall–Kier alpha value is -3.00. The Balaban J connectivity index is 1.86. The zero-order valence-corrected chi connectivity index (χ0v) is 16.3. The van der Waals surface area contributed by atoms with Crippen molar-refractivity contribution in [1.29, 1.82) is 0 Å². The first kappa shape index (κ1) is 18.8. The highest BCUT2D eigenvalue weighted by Crippen LogP contribution is 2.30. The van der Waals surface area contributed by atoms with Crippen molar-refractivity contribution in [3.8, 4) is 5.69 Å². The molecule has 0 fully saturated rings. The molecule has 3 rings (SSSR count). The van der Waals surface area contributed by atoms with E-state index in [2.05, 4.69) is 15.4 Å². The highest BCUT2D eigenvalue weighted by Gasteiger charge is 2.23. The van der Waals surface area contributed by atoms with E-state index >= 15 is 0 Å². The van der Waals surface area contributed by atoms with E-state index in [1.165, 1.54) is 24.6 Å². The lowest BCUT2D eigenvalue weighted by Gasteiger charge is -2.05. The summed E-state index contributed by atoms with van der Waals surface area (Å²) in [4.78, 5) is 29.6. The predicted octanol–water partition coefficient (Wildman–Crippen LogP) is 3.80. The van der Waals surface area contributed by atoms with Gasteiger partial charge in [0, 0.05) is 4.88 Å². The number of aromatic nitrogens is 3. The van der Waals surface area contributed by atoms with E-state index in [0.717, 1.165) is 10.6 Å². The van der Waals surface area contributed by atoms with Crippen LogP contribution in [0, 0.1) is 6.92 Å². The van der Waals surface area contributed by atoms with Gasteiger partial charge in [0.2, 0.25) is 0 Å². The Morgan fingerprint density at radius 3 is 2.56 bits per heavy atom. The fourth-order valence-corrected chi connectivity index (χ4v) is 3.60. The molecule has 140 valence electrons. The van der Waals surface area contributed by atoms with Crippen LogP contribution in [0.15, 0.2) is 36.5 Å². The maximum atomic E-state index is 12.7. The lowest BCUT2D eigenvalue weighted by Crippen LogP contribution is -2.13. The van der Waals surface area contributed by atoms with Crippen molar-refractivity contribution in [2.45, 2.75) is 26.7 Å². The smallest absolute Gasteiger partial charge is 0.357 e. The molecule has 0 unspecified atom stereocenters. The topological polar surface area (TPSA) is 86.1 Å². The Morgan fingerprint density at radius 2 is 1.93 bits per heavy atom. The molecule has 0 saturated carbocycles. The molecule has 0 aliphatic carbocycles. The highest BCUT2D eigenvalue weighted by molar-refractivity contribution is 7.16. The number of thiazole rings is 1. The number of benzene rings is 1. The molecule has 2 aromatic heterocycles. The fourth-order valence-electron chi connectivity index (χ4n) is 2.65. The van der Waals surface area contributed by atoms with Crippen LogP contribution in [-0.2, 0) is 4.74 Å². The second-order valence-corrected chi connectivity index (χ2v) is 7.25. The summed E-state index contributed by atoms with van der Waals surface area (Å²) in [6, 6.07) is 9.57. The molecule has 0 aliphatic rings. The standard InChI is InChI=1S/C19H20N4O3S/c1-11(2)16-15(18(25)26-4)21-19(27-16)22-17(24)14-10-20-23(12(14)3)13-8-6-5-7-9-13/h5-11H,1-4H3,(H,21,22,24). The summed E-state index contributed by atoms with van der Waals surface area (Å²) in [5, 5.41) is 7.43. The van der Waals surface area contributed by atoms with E-state index in [-0.39, 0.29) is 17.5 Å². The number of nitrogens with one attached hydrogen (secondary N) is 1. The number of anilines is 1. The molecular formula is C19H20N4O3S. The maximum absolute atomic E-state index is 12.7. The first-order chi connectivity index (χ1) is 12.9. The van der Waals surface area contributed by atoms with E-state index in [1.54, 1.807) is 4.68 Å². The second kappa shape index (κ2) is 7.71. The van der Waals surface area contributed by atoms with Crippen LogP contribution in [0.25, 0.3) is 5.69 Å². The molecule has 27 heavy (non-hydrogen) atoms. The number of methoxy groups -OCH3 is 1. The van der Waals surface area contributed by atoms with Crippen molar-refractivity contribution in [2.24, 2.45) is 0 Å². The largest absolute Gasteiger partial charge is 0.464 e. The van der Waals surface area contributed by atoms with E-state index < -0.39 is 5.97 Å². The van der Waals surface area contributed by atoms with E-state index in [1.807, 2.05) is 51.1 Å². The molecule has 0 aliphatic heterocycles. The van der Waals surface area contributed by atoms with Crippen LogP contribution < -0.4 is 5.32 Å². The third-order valence-corrected chi connectivity index (χ3v) is 5.30. The van der Waals surface area contributed by atoms with Crippen molar-refractivity contribution < 1.29 is 14.3 Å². The third kappa shape index (κ3) is 3.75. The maximum Gasteiger partial charge on any atom is 0.357 e. The lowest BCUT2D eigenvalue weighted by atomic mass is 10.1. The molecule has 0 bridgehead atoms. The van der Waals surface area contributed by atoms with Gasteiger partial charge in [0.25, 0.3) is 5.91 Å². The number of hydrogen-bond acceptors (Lipinski definition) is 6. The summed E-state index contributed by atoms with van der Waals surface area (Å²) in [6.07, 6.45) is 1.52. The molecule has 0 radical (unpaired) electrons. The van der Waals surface area contributed by atoms with Crippen LogP contribution in [0.3, 0.4) is 0 Å². The fraction of sp³-hybridized carbons (Fsp3) is 0.263. The molecule has 7 nitrogen and oxygen atoms in total. The van der Waals surface area contributed by atoms with Crippen molar-refractivity contribution in [3.63, 3.8) is 0 Å². The average Bonchev–Trinajstić information content (AvgIpc) is 3.25. The molecule has 1 aromatic carbocycles. The number of rotatable bonds is 5. The lowest BCUT2D eigenvalue weighted by molar-refractivity contribution is 0.0593. The Morgan fingerprint density at radius 1 is 1.22 bits per heavy atom. The van der Waals surface area contributed by atoms with Crippen LogP contribution in [-0.4, -0.2) is 33.8 Å². The summed E-state index contributed by atoms with van der Waals surface area (Å²) in [7, 11) is 1.31. The van der Waals surface area contributed by atoms with Crippen LogP contribution in [0.4, 0.5) is 5.13 Å². The summed E-state index contributed by atoms with van der Waals surface area (Å²) in [5.74, 6) is -0.747. The van der Waals surface area contributed by atoms with Gasteiger partial charge in [0.05, 0.1) is 30.3 Å².